The lowest BCUT2D eigenvalue weighted by molar-refractivity contribution is -0.910. The summed E-state index contributed by atoms with van der Waals surface area (Å²) >= 11 is 0. The van der Waals surface area contributed by atoms with Crippen molar-refractivity contribution in [3.05, 3.63) is 0 Å². The van der Waals surface area contributed by atoms with Crippen molar-refractivity contribution >= 4 is 17.9 Å². The van der Waals surface area contributed by atoms with Crippen LogP contribution in [0.25, 0.3) is 0 Å². The largest absolute Gasteiger partial charge is 0.464 e. The van der Waals surface area contributed by atoms with E-state index >= 15 is 0 Å². The molecule has 0 aliphatic rings. The van der Waals surface area contributed by atoms with E-state index in [2.05, 4.69) is 39.6 Å². The molecule has 0 amide bonds. The summed E-state index contributed by atoms with van der Waals surface area (Å²) in [5, 5.41) is 0. The number of nitrogens with zero attached hydrogens (tertiary/aromatic N) is 2. The van der Waals surface area contributed by atoms with Crippen molar-refractivity contribution in [2.45, 2.75) is 285 Å². The number of carbonyl (C=O) groups is 3. The van der Waals surface area contributed by atoms with Gasteiger partial charge in [0, 0.05) is 38.8 Å². The molecule has 0 rings (SSSR count). The van der Waals surface area contributed by atoms with Gasteiger partial charge in [-0.25, -0.2) is 0 Å². The second-order valence-electron chi connectivity index (χ2n) is 20.2. The Bertz CT molecular complexity index is 987. The highest BCUT2D eigenvalue weighted by Gasteiger charge is 2.23. The molecule has 0 unspecified atom stereocenters. The Labute approximate surface area is 405 Å². The first-order valence-corrected chi connectivity index (χ1v) is 28.8. The van der Waals surface area contributed by atoms with Crippen LogP contribution in [-0.4, -0.2) is 93.4 Å². The van der Waals surface area contributed by atoms with Gasteiger partial charge in [0.1, 0.15) is 32.9 Å². The third-order valence-electron chi connectivity index (χ3n) is 13.7. The summed E-state index contributed by atoms with van der Waals surface area (Å²) in [6.07, 6.45) is 47.8. The monoisotopic (exact) mass is 922 g/mol. The van der Waals surface area contributed by atoms with E-state index in [9.17, 15) is 14.4 Å². The molecule has 8 nitrogen and oxygen atoms in total. The maximum Gasteiger partial charge on any atom is 0.305 e. The Morgan fingerprint density at radius 1 is 0.308 bits per heavy atom. The summed E-state index contributed by atoms with van der Waals surface area (Å²) in [5.41, 5.74) is 0. The quantitative estimate of drug-likeness (QED) is 0.0260. The molecular formula is C57H113N2O6+. The molecule has 0 aromatic carbocycles. The molecule has 0 saturated heterocycles. The topological polar surface area (TPSA) is 82.1 Å². The van der Waals surface area contributed by atoms with Crippen LogP contribution in [0.3, 0.4) is 0 Å². The molecule has 0 fully saturated rings. The molecule has 0 saturated carbocycles. The summed E-state index contributed by atoms with van der Waals surface area (Å²) in [7, 11) is 2.22. The Balaban J connectivity index is 5.10. The van der Waals surface area contributed by atoms with Crippen molar-refractivity contribution in [3.63, 3.8) is 0 Å². The summed E-state index contributed by atoms with van der Waals surface area (Å²) in [6.45, 7) is 15.2. The minimum atomic E-state index is -0.0950. The summed E-state index contributed by atoms with van der Waals surface area (Å²) in [6, 6.07) is 0. The Hall–Kier alpha value is -1.67. The Kier molecular flexibility index (Phi) is 48.9. The van der Waals surface area contributed by atoms with Crippen LogP contribution >= 0.6 is 0 Å². The molecule has 0 heterocycles. The minimum Gasteiger partial charge on any atom is -0.464 e. The van der Waals surface area contributed by atoms with E-state index in [1.165, 1.54) is 193 Å². The lowest BCUT2D eigenvalue weighted by atomic mass is 10.0. The molecule has 0 aromatic rings. The first-order valence-electron chi connectivity index (χ1n) is 28.8. The molecule has 0 spiro atoms. The standard InChI is InChI=1S/C57H113N2O6/c1-6-10-14-18-22-23-24-25-26-27-28-29-33-37-41-46-58(48-52-63-55(60)43-38-34-30-19-15-11-7-2)47-42-49-59(5,50-53-64-56(61)44-39-35-31-20-16-12-8-3)51-54-65-57(62)45-40-36-32-21-17-13-9-4/h6-54H2,1-5H3/q+1. The number of ether oxygens (including phenoxy) is 3. The lowest BCUT2D eigenvalue weighted by Crippen LogP contribution is -2.50. The number of carbonyl (C=O) groups excluding carboxylic acids is 3. The van der Waals surface area contributed by atoms with Crippen molar-refractivity contribution in [1.29, 1.82) is 0 Å². The molecule has 0 aromatic heterocycles. The van der Waals surface area contributed by atoms with Crippen LogP contribution in [0.15, 0.2) is 0 Å². The average molecular weight is 923 g/mol. The maximum absolute atomic E-state index is 12.7. The zero-order valence-electron chi connectivity index (χ0n) is 44.5. The van der Waals surface area contributed by atoms with Crippen LogP contribution in [0.2, 0.25) is 0 Å². The zero-order chi connectivity index (χ0) is 47.6. The van der Waals surface area contributed by atoms with Gasteiger partial charge in [0.25, 0.3) is 0 Å². The smallest absolute Gasteiger partial charge is 0.305 e. The molecule has 0 N–H and O–H groups in total. The summed E-state index contributed by atoms with van der Waals surface area (Å²) in [5.74, 6) is -0.248. The molecule has 0 bridgehead atoms. The highest BCUT2D eigenvalue weighted by atomic mass is 16.5. The van der Waals surface area contributed by atoms with Crippen molar-refractivity contribution in [1.82, 2.24) is 4.90 Å². The van der Waals surface area contributed by atoms with E-state index in [0.29, 0.717) is 56.7 Å². The van der Waals surface area contributed by atoms with E-state index in [1.54, 1.807) is 0 Å². The van der Waals surface area contributed by atoms with Gasteiger partial charge in [-0.15, -0.1) is 0 Å². The summed E-state index contributed by atoms with van der Waals surface area (Å²) in [4.78, 5) is 40.5. The van der Waals surface area contributed by atoms with Crippen molar-refractivity contribution in [3.8, 4) is 0 Å². The van der Waals surface area contributed by atoms with E-state index in [-0.39, 0.29) is 17.9 Å². The average Bonchev–Trinajstić information content (AvgIpc) is 3.29. The SMILES string of the molecule is CCCCCCCCCCCCCCCCCN(CCC[N+](C)(CCOC(=O)CCCCCCCCC)CCOC(=O)CCCCCCCCC)CCOC(=O)CCCCCCCCC. The van der Waals surface area contributed by atoms with Gasteiger partial charge in [-0.1, -0.05) is 233 Å². The van der Waals surface area contributed by atoms with Gasteiger partial charge in [0.15, 0.2) is 0 Å². The van der Waals surface area contributed by atoms with E-state index in [0.717, 1.165) is 71.1 Å². The molecule has 386 valence electrons. The molecule has 0 atom stereocenters. The van der Waals surface area contributed by atoms with Gasteiger partial charge in [0.05, 0.1) is 13.6 Å². The molecule has 65 heavy (non-hydrogen) atoms. The predicted octanol–water partition coefficient (Wildman–Crippen LogP) is 16.0. The number of rotatable bonds is 53. The maximum atomic E-state index is 12.7. The van der Waals surface area contributed by atoms with Gasteiger partial charge in [-0.3, -0.25) is 19.3 Å². The Morgan fingerprint density at radius 3 is 0.892 bits per heavy atom. The van der Waals surface area contributed by atoms with Gasteiger partial charge in [0.2, 0.25) is 0 Å². The van der Waals surface area contributed by atoms with Gasteiger partial charge in [-0.05, 0) is 32.2 Å². The van der Waals surface area contributed by atoms with Gasteiger partial charge < -0.3 is 18.7 Å². The lowest BCUT2D eigenvalue weighted by Gasteiger charge is -2.35. The third-order valence-corrected chi connectivity index (χ3v) is 13.7. The normalized spacial score (nSPS) is 11.7. The molecule has 0 aliphatic heterocycles. The number of quaternary nitrogens is 1. The minimum absolute atomic E-state index is 0.0576. The highest BCUT2D eigenvalue weighted by molar-refractivity contribution is 5.69. The Morgan fingerprint density at radius 2 is 0.569 bits per heavy atom. The van der Waals surface area contributed by atoms with Crippen LogP contribution in [0, 0.1) is 0 Å². The van der Waals surface area contributed by atoms with E-state index in [4.69, 9.17) is 14.2 Å². The predicted molar refractivity (Wildman–Crippen MR) is 277 cm³/mol. The second-order valence-corrected chi connectivity index (χ2v) is 20.2. The molecule has 0 radical (unpaired) electrons. The van der Waals surface area contributed by atoms with Gasteiger partial charge in [-0.2, -0.15) is 0 Å². The van der Waals surface area contributed by atoms with E-state index in [1.807, 2.05) is 0 Å². The van der Waals surface area contributed by atoms with Crippen LogP contribution in [-0.2, 0) is 28.6 Å². The first-order chi connectivity index (χ1) is 31.8. The zero-order valence-corrected chi connectivity index (χ0v) is 44.5. The number of hydrogen-bond acceptors (Lipinski definition) is 7. The van der Waals surface area contributed by atoms with Crippen molar-refractivity contribution in [2.75, 3.05) is 66.1 Å². The fourth-order valence-corrected chi connectivity index (χ4v) is 9.00. The first kappa shape index (κ1) is 63.3. The van der Waals surface area contributed by atoms with Crippen molar-refractivity contribution in [2.24, 2.45) is 0 Å². The fourth-order valence-electron chi connectivity index (χ4n) is 9.00. The number of likely N-dealkylation sites (N-methyl/N-ethyl adjacent to an activating group) is 1. The second kappa shape index (κ2) is 50.2. The number of unbranched alkanes of at least 4 members (excludes halogenated alkanes) is 32. The van der Waals surface area contributed by atoms with E-state index < -0.39 is 0 Å². The van der Waals surface area contributed by atoms with Crippen LogP contribution < -0.4 is 0 Å². The molecule has 8 heteroatoms. The molecule has 0 aliphatic carbocycles. The number of hydrogen-bond donors (Lipinski definition) is 0. The third kappa shape index (κ3) is 47.2. The van der Waals surface area contributed by atoms with Crippen LogP contribution in [0.4, 0.5) is 0 Å². The van der Waals surface area contributed by atoms with Crippen LogP contribution in [0.1, 0.15) is 285 Å². The number of esters is 3. The summed E-state index contributed by atoms with van der Waals surface area (Å²) < 4.78 is 18.0. The van der Waals surface area contributed by atoms with Crippen LogP contribution in [0.5, 0.6) is 0 Å². The highest BCUT2D eigenvalue weighted by Crippen LogP contribution is 2.16. The van der Waals surface area contributed by atoms with Crippen molar-refractivity contribution < 1.29 is 33.1 Å². The molecular weight excluding hydrogens is 809 g/mol. The fraction of sp³-hybridized carbons (Fsp3) is 0.947. The van der Waals surface area contributed by atoms with Gasteiger partial charge >= 0.3 is 17.9 Å².